The molecule has 0 aromatic heterocycles. The van der Waals surface area contributed by atoms with Gasteiger partial charge in [-0.05, 0) is 154 Å². The van der Waals surface area contributed by atoms with E-state index in [0.29, 0.717) is 11.9 Å². The second-order valence-electron chi connectivity index (χ2n) is 34.7. The molecule has 8 nitrogen and oxygen atoms in total. The van der Waals surface area contributed by atoms with E-state index in [9.17, 15) is 26.3 Å². The predicted molar refractivity (Wildman–Crippen MR) is 512 cm³/mol. The maximum absolute atomic E-state index is 12.7. The molecule has 0 atom stereocenters. The number of rotatable bonds is 73. The summed E-state index contributed by atoms with van der Waals surface area (Å²) < 4.78 is 80.1. The van der Waals surface area contributed by atoms with Crippen molar-refractivity contribution in [2.75, 3.05) is 157 Å². The molecule has 0 unspecified atom stereocenters. The van der Waals surface area contributed by atoms with Crippen LogP contribution in [0.15, 0.2) is 0 Å². The Morgan fingerprint density at radius 2 is 0.243 bits per heavy atom. The zero-order valence-corrected chi connectivity index (χ0v) is 82.8. The predicted octanol–water partition coefficient (Wildman–Crippen LogP) is 30.4. The van der Waals surface area contributed by atoms with E-state index in [4.69, 9.17) is 10.5 Å². The van der Waals surface area contributed by atoms with Crippen LogP contribution in [0.5, 0.6) is 0 Å². The minimum atomic E-state index is -9.00. The fourth-order valence-electron chi connectivity index (χ4n) is 15.9. The minimum absolute atomic E-state index is 0.352. The van der Waals surface area contributed by atoms with Crippen molar-refractivity contribution in [1.82, 2.24) is 0 Å². The Morgan fingerprint density at radius 3 is 0.278 bits per heavy atom. The number of hydrogen-bond donors (Lipinski definition) is 0. The van der Waals surface area contributed by atoms with Crippen LogP contribution in [0, 0.1) is 22.5 Å². The van der Waals surface area contributed by atoms with Gasteiger partial charge in [-0.3, -0.25) is 0 Å². The molecule has 15 heteroatoms. The van der Waals surface area contributed by atoms with Crippen LogP contribution in [0.1, 0.15) is 474 Å². The van der Waals surface area contributed by atoms with Crippen molar-refractivity contribution < 1.29 is 53.2 Å². The first kappa shape index (κ1) is 127. The van der Waals surface area contributed by atoms with Gasteiger partial charge in [0.05, 0.1) is 157 Å². The first-order valence-corrected chi connectivity index (χ1v) is 50.2. The van der Waals surface area contributed by atoms with Gasteiger partial charge in [0.2, 0.25) is 0 Å². The summed E-state index contributed by atoms with van der Waals surface area (Å²) in [4.78, 5) is 0. The molecule has 706 valence electrons. The molecule has 0 aliphatic rings. The van der Waals surface area contributed by atoms with Crippen molar-refractivity contribution in [3.8, 4) is 11.9 Å². The Labute approximate surface area is 721 Å². The standard InChI is InChI=1S/6C16H36N.C4H5BF6N2/c6*1-5-9-13-17(14-10-6-2,15-11-7-3)16-12-8-4;6-3(7,4(8,9)10)5(11,1-12)2-13/h6*5-16H2,1-4H3;5H5/q6*+1;-6. The maximum atomic E-state index is 12.7. The van der Waals surface area contributed by atoms with Gasteiger partial charge >= 0.3 is 67.1 Å². The Morgan fingerprint density at radius 1 is 0.174 bits per heavy atom. The van der Waals surface area contributed by atoms with Crippen LogP contribution in [0.2, 0.25) is 0 Å². The van der Waals surface area contributed by atoms with E-state index in [-0.39, 0.29) is 0 Å². The molecular formula is C100H221BF6N8. The SMILES string of the molecule is CCCC[N+](CCCC)(CCCC)CCCC.CCCC[N+](CCCC)(CCCC)CCCC.CCCC[N+](CCCC)(CCCC)CCCC.CCCC[N+](CCCC)(CCCC)CCCC.CCCC[N+](CCCC)(CCCC)CCCC.CCCC[N+](CCCC)(CCCC)CCCC.N#C[BH5-6](F)(C#N)C(F)(F)C(F)(F)F. The van der Waals surface area contributed by atoms with Gasteiger partial charge in [-0.1, -0.05) is 320 Å². The van der Waals surface area contributed by atoms with Crippen molar-refractivity contribution in [3.05, 3.63) is 0 Å². The van der Waals surface area contributed by atoms with Gasteiger partial charge < -0.3 is 26.9 Å². The topological polar surface area (TPSA) is 47.6 Å². The van der Waals surface area contributed by atoms with Crippen LogP contribution >= 0.6 is 0 Å². The first-order chi connectivity index (χ1) is 55.1. The van der Waals surface area contributed by atoms with E-state index in [1.54, 1.807) is 0 Å². The van der Waals surface area contributed by atoms with Crippen molar-refractivity contribution in [2.24, 2.45) is 0 Å². The Balaban J connectivity index is -0.000000237. The number of halogens is 6. The number of nitriles is 2. The summed E-state index contributed by atoms with van der Waals surface area (Å²) in [6.45, 7) is 90.1. The van der Waals surface area contributed by atoms with Gasteiger partial charge in [0.25, 0.3) is 0 Å². The molecule has 0 bridgehead atoms. The van der Waals surface area contributed by atoms with E-state index in [2.05, 4.69) is 166 Å². The average molecular weight is 1660 g/mol. The van der Waals surface area contributed by atoms with E-state index in [0.717, 1.165) is 0 Å². The molecule has 0 aromatic carbocycles. The molecular weight excluding hydrogens is 1440 g/mol. The normalized spacial score (nSPS) is 12.3. The van der Waals surface area contributed by atoms with Gasteiger partial charge in [0, 0.05) is 0 Å². The molecule has 0 aliphatic heterocycles. The van der Waals surface area contributed by atoms with Crippen molar-refractivity contribution in [3.63, 3.8) is 0 Å². The third kappa shape index (κ3) is 67.5. The first-order valence-electron chi connectivity index (χ1n) is 50.2. The van der Waals surface area contributed by atoms with Crippen molar-refractivity contribution in [2.45, 2.75) is 486 Å². The second-order valence-corrected chi connectivity index (χ2v) is 34.7. The molecule has 0 saturated heterocycles. The summed E-state index contributed by atoms with van der Waals surface area (Å²) in [7, 11) is 0. The number of nitrogens with zero attached hydrogens (tertiary/aromatic N) is 8. The molecule has 0 saturated carbocycles. The van der Waals surface area contributed by atoms with Crippen molar-refractivity contribution in [1.29, 1.82) is 10.5 Å². The fourth-order valence-corrected chi connectivity index (χ4v) is 15.9. The molecule has 0 N–H and O–H groups in total. The second kappa shape index (κ2) is 87.3. The quantitative estimate of drug-likeness (QED) is 0.0346. The number of unbranched alkanes of at least 4 members (excludes halogenated alkanes) is 24. The summed E-state index contributed by atoms with van der Waals surface area (Å²) in [6.07, 6.45) is 51.3. The van der Waals surface area contributed by atoms with Crippen LogP contribution in [0.3, 0.4) is 0 Å². The molecule has 0 amide bonds. The molecule has 0 aliphatic carbocycles. The molecule has 0 spiro atoms. The van der Waals surface area contributed by atoms with Crippen LogP contribution < -0.4 is 0 Å². The van der Waals surface area contributed by atoms with Crippen molar-refractivity contribution >= 4 is 6.42 Å². The average Bonchev–Trinajstić information content (AvgIpc) is 0.774. The zero-order valence-electron chi connectivity index (χ0n) is 82.8. The van der Waals surface area contributed by atoms with Gasteiger partial charge in [-0.25, -0.2) is 0 Å². The van der Waals surface area contributed by atoms with E-state index in [1.165, 1.54) is 492 Å². The summed E-state index contributed by atoms with van der Waals surface area (Å²) >= 11 is 0. The Hall–Kier alpha value is -1.62. The summed E-state index contributed by atoms with van der Waals surface area (Å²) in [5.41, 5.74) is 0. The van der Waals surface area contributed by atoms with Crippen LogP contribution in [-0.4, -0.2) is 202 Å². The third-order valence-electron chi connectivity index (χ3n) is 23.9. The molecule has 0 heterocycles. The van der Waals surface area contributed by atoms with E-state index >= 15 is 0 Å². The van der Waals surface area contributed by atoms with Crippen LogP contribution in [0.25, 0.3) is 0 Å². The summed E-state index contributed by atoms with van der Waals surface area (Å²) in [5, 5.41) is 15.6. The molecule has 115 heavy (non-hydrogen) atoms. The van der Waals surface area contributed by atoms with E-state index in [1.807, 2.05) is 0 Å². The molecule has 0 rings (SSSR count). The number of quaternary nitrogens is 6. The Kier molecular flexibility index (Phi) is 96.0. The summed E-state index contributed by atoms with van der Waals surface area (Å²) in [5.74, 6) is -4.92. The van der Waals surface area contributed by atoms with Gasteiger partial charge in [0.1, 0.15) is 0 Å². The van der Waals surface area contributed by atoms with Gasteiger partial charge in [-0.15, -0.1) is 0 Å². The monoisotopic (exact) mass is 1660 g/mol. The van der Waals surface area contributed by atoms with Crippen LogP contribution in [-0.2, 0) is 0 Å². The molecule has 0 aromatic rings. The zero-order chi connectivity index (χ0) is 88.8. The van der Waals surface area contributed by atoms with E-state index < -0.39 is 18.4 Å². The van der Waals surface area contributed by atoms with Gasteiger partial charge in [-0.2, -0.15) is 0 Å². The van der Waals surface area contributed by atoms with Crippen LogP contribution in [0.4, 0.5) is 26.3 Å². The number of alkyl halides is 5. The third-order valence-corrected chi connectivity index (χ3v) is 23.9. The summed E-state index contributed by atoms with van der Waals surface area (Å²) in [6, 6.07) is 0. The van der Waals surface area contributed by atoms with Gasteiger partial charge in [0.15, 0.2) is 0 Å². The number of hydrogen-bond acceptors (Lipinski definition) is 2. The Bertz CT molecular complexity index is 1480. The fraction of sp³-hybridized carbons (Fsp3) is 0.980. The molecule has 0 fully saturated rings. The molecule has 0 radical (unpaired) electrons.